The molecule has 0 heterocycles. The number of hydrogen-bond donors (Lipinski definition) is 0. The first-order valence-electron chi connectivity index (χ1n) is 12.5. The molecule has 4 aliphatic rings. The summed E-state index contributed by atoms with van der Waals surface area (Å²) in [6.07, 6.45) is 8.78. The van der Waals surface area contributed by atoms with Crippen LogP contribution >= 0.6 is 0 Å². The molecule has 4 fully saturated rings. The van der Waals surface area contributed by atoms with Crippen LogP contribution in [0.1, 0.15) is 114 Å². The van der Waals surface area contributed by atoms with Gasteiger partial charge in [0.25, 0.3) is 0 Å². The quantitative estimate of drug-likeness (QED) is 0.418. The molecule has 4 nitrogen and oxygen atoms in total. The fourth-order valence-corrected chi connectivity index (χ4v) is 7.12. The molecule has 0 spiro atoms. The van der Waals surface area contributed by atoms with Crippen LogP contribution in [0.4, 0.5) is 0 Å². The molecule has 4 bridgehead atoms. The molecule has 0 N–H and O–H groups in total. The van der Waals surface area contributed by atoms with E-state index in [4.69, 9.17) is 9.47 Å². The molecule has 1 unspecified atom stereocenters. The number of esters is 2. The molecule has 31 heavy (non-hydrogen) atoms. The summed E-state index contributed by atoms with van der Waals surface area (Å²) in [6.45, 7) is 17.7. The van der Waals surface area contributed by atoms with Gasteiger partial charge in [-0.05, 0) is 125 Å². The first kappa shape index (κ1) is 24.6. The normalized spacial score (nSPS) is 32.5. The Labute approximate surface area is 190 Å². The molecule has 4 saturated carbocycles. The Morgan fingerprint density at radius 3 is 1.61 bits per heavy atom. The van der Waals surface area contributed by atoms with Crippen molar-refractivity contribution in [3.8, 4) is 0 Å². The summed E-state index contributed by atoms with van der Waals surface area (Å²) in [5.74, 6) is 2.02. The maximum absolute atomic E-state index is 13.6. The van der Waals surface area contributed by atoms with Gasteiger partial charge < -0.3 is 9.47 Å². The van der Waals surface area contributed by atoms with Crippen LogP contribution in [0.25, 0.3) is 0 Å². The van der Waals surface area contributed by atoms with Gasteiger partial charge >= 0.3 is 11.9 Å². The standard InChI is InChI=1S/C27H46O4/c1-10-26(9,17-24(5,6)21(28)30-23(2,3)4)22(29)31-25(7,8)27-14-18-11-19(15-27)13-20(12-18)16-27/h18-20H,10-17H2,1-9H3. The van der Waals surface area contributed by atoms with Crippen molar-refractivity contribution in [2.45, 2.75) is 125 Å². The van der Waals surface area contributed by atoms with Gasteiger partial charge in [-0.25, -0.2) is 0 Å². The van der Waals surface area contributed by atoms with Crippen molar-refractivity contribution in [2.75, 3.05) is 0 Å². The molecule has 4 rings (SSSR count). The summed E-state index contributed by atoms with van der Waals surface area (Å²) in [7, 11) is 0. The molecule has 0 amide bonds. The van der Waals surface area contributed by atoms with E-state index in [2.05, 4.69) is 13.8 Å². The van der Waals surface area contributed by atoms with Crippen LogP contribution in [0, 0.1) is 34.0 Å². The fraction of sp³-hybridized carbons (Fsp3) is 0.926. The van der Waals surface area contributed by atoms with Crippen LogP contribution in [0.2, 0.25) is 0 Å². The van der Waals surface area contributed by atoms with Crippen molar-refractivity contribution in [1.82, 2.24) is 0 Å². The second-order valence-corrected chi connectivity index (χ2v) is 13.6. The van der Waals surface area contributed by atoms with Gasteiger partial charge in [0.1, 0.15) is 11.2 Å². The van der Waals surface area contributed by atoms with Crippen molar-refractivity contribution in [3.05, 3.63) is 0 Å². The molecule has 4 aliphatic carbocycles. The second-order valence-electron chi connectivity index (χ2n) is 13.6. The molecule has 178 valence electrons. The summed E-state index contributed by atoms with van der Waals surface area (Å²) in [5, 5.41) is 0. The summed E-state index contributed by atoms with van der Waals surface area (Å²) < 4.78 is 12.1. The molecule has 0 aromatic carbocycles. The predicted molar refractivity (Wildman–Crippen MR) is 123 cm³/mol. The number of carbonyl (C=O) groups is 2. The van der Waals surface area contributed by atoms with E-state index in [0.29, 0.717) is 12.8 Å². The van der Waals surface area contributed by atoms with E-state index in [1.807, 2.05) is 48.5 Å². The van der Waals surface area contributed by atoms with Gasteiger partial charge in [0.05, 0.1) is 10.8 Å². The van der Waals surface area contributed by atoms with E-state index in [0.717, 1.165) is 17.8 Å². The Bertz CT molecular complexity index is 676. The van der Waals surface area contributed by atoms with Crippen molar-refractivity contribution in [3.63, 3.8) is 0 Å². The van der Waals surface area contributed by atoms with Crippen molar-refractivity contribution >= 4 is 11.9 Å². The second kappa shape index (κ2) is 7.76. The highest BCUT2D eigenvalue weighted by atomic mass is 16.6. The maximum Gasteiger partial charge on any atom is 0.312 e. The van der Waals surface area contributed by atoms with Crippen LogP contribution in [-0.4, -0.2) is 23.1 Å². The lowest BCUT2D eigenvalue weighted by molar-refractivity contribution is -0.208. The van der Waals surface area contributed by atoms with E-state index >= 15 is 0 Å². The lowest BCUT2D eigenvalue weighted by Gasteiger charge is -2.61. The van der Waals surface area contributed by atoms with Crippen molar-refractivity contribution in [2.24, 2.45) is 34.0 Å². The Morgan fingerprint density at radius 2 is 1.23 bits per heavy atom. The van der Waals surface area contributed by atoms with Crippen molar-refractivity contribution in [1.29, 1.82) is 0 Å². The first-order chi connectivity index (χ1) is 14.0. The van der Waals surface area contributed by atoms with Gasteiger partial charge in [-0.15, -0.1) is 0 Å². The van der Waals surface area contributed by atoms with Gasteiger partial charge in [-0.1, -0.05) is 6.92 Å². The molecule has 1 atom stereocenters. The minimum absolute atomic E-state index is 0.118. The van der Waals surface area contributed by atoms with E-state index in [1.54, 1.807) is 0 Å². The van der Waals surface area contributed by atoms with E-state index in [-0.39, 0.29) is 17.4 Å². The van der Waals surface area contributed by atoms with Gasteiger partial charge in [0, 0.05) is 5.41 Å². The third-order valence-corrected chi connectivity index (χ3v) is 8.72. The molecule has 0 aromatic rings. The lowest BCUT2D eigenvalue weighted by atomic mass is 9.46. The predicted octanol–water partition coefficient (Wildman–Crippen LogP) is 6.70. The SMILES string of the molecule is CCC(C)(CC(C)(C)C(=O)OC(C)(C)C)C(=O)OC(C)(C)C12CC3CC(CC(C3)C1)C2. The zero-order valence-electron chi connectivity index (χ0n) is 21.5. The van der Waals surface area contributed by atoms with Gasteiger partial charge in [-0.2, -0.15) is 0 Å². The summed E-state index contributed by atoms with van der Waals surface area (Å²) in [5.41, 5.74) is -2.39. The Kier molecular flexibility index (Phi) is 6.16. The summed E-state index contributed by atoms with van der Waals surface area (Å²) in [4.78, 5) is 26.5. The highest BCUT2D eigenvalue weighted by Gasteiger charge is 2.59. The molecule has 4 heteroatoms. The lowest BCUT2D eigenvalue weighted by Crippen LogP contribution is -2.58. The van der Waals surface area contributed by atoms with Gasteiger partial charge in [0.2, 0.25) is 0 Å². The maximum atomic E-state index is 13.6. The van der Waals surface area contributed by atoms with Crippen LogP contribution < -0.4 is 0 Å². The van der Waals surface area contributed by atoms with E-state index in [9.17, 15) is 9.59 Å². The Morgan fingerprint density at radius 1 is 0.774 bits per heavy atom. The molecule has 0 aromatic heterocycles. The molecule has 0 aliphatic heterocycles. The third kappa shape index (κ3) is 4.83. The number of ether oxygens (including phenoxy) is 2. The number of rotatable bonds is 7. The zero-order valence-corrected chi connectivity index (χ0v) is 21.5. The van der Waals surface area contributed by atoms with Gasteiger partial charge in [0.15, 0.2) is 0 Å². The highest BCUT2D eigenvalue weighted by Crippen LogP contribution is 2.64. The average molecular weight is 435 g/mol. The minimum Gasteiger partial charge on any atom is -0.460 e. The molecular formula is C27H46O4. The first-order valence-corrected chi connectivity index (χ1v) is 12.5. The average Bonchev–Trinajstić information content (AvgIpc) is 2.58. The third-order valence-electron chi connectivity index (χ3n) is 8.72. The molecule has 0 radical (unpaired) electrons. The monoisotopic (exact) mass is 434 g/mol. The molecule has 0 saturated heterocycles. The van der Waals surface area contributed by atoms with Crippen LogP contribution in [0.5, 0.6) is 0 Å². The zero-order chi connectivity index (χ0) is 23.5. The van der Waals surface area contributed by atoms with Crippen molar-refractivity contribution < 1.29 is 19.1 Å². The van der Waals surface area contributed by atoms with Crippen LogP contribution in [-0.2, 0) is 19.1 Å². The van der Waals surface area contributed by atoms with E-state index < -0.39 is 22.0 Å². The van der Waals surface area contributed by atoms with Gasteiger partial charge in [-0.3, -0.25) is 9.59 Å². The highest BCUT2D eigenvalue weighted by molar-refractivity contribution is 5.80. The number of hydrogen-bond acceptors (Lipinski definition) is 4. The topological polar surface area (TPSA) is 52.6 Å². The van der Waals surface area contributed by atoms with E-state index in [1.165, 1.54) is 38.5 Å². The van der Waals surface area contributed by atoms with Crippen LogP contribution in [0.15, 0.2) is 0 Å². The fourth-order valence-electron chi connectivity index (χ4n) is 7.12. The Balaban J connectivity index is 1.74. The minimum atomic E-state index is -0.762. The molecular weight excluding hydrogens is 388 g/mol. The largest absolute Gasteiger partial charge is 0.460 e. The summed E-state index contributed by atoms with van der Waals surface area (Å²) in [6, 6.07) is 0. The van der Waals surface area contributed by atoms with Crippen LogP contribution in [0.3, 0.4) is 0 Å². The Hall–Kier alpha value is -1.06. The number of carbonyl (C=O) groups excluding carboxylic acids is 2. The summed E-state index contributed by atoms with van der Waals surface area (Å²) >= 11 is 0. The smallest absolute Gasteiger partial charge is 0.312 e.